The first-order valence-electron chi connectivity index (χ1n) is 5.43. The number of nitrogens with two attached hydrogens (primary N) is 1. The van der Waals surface area contributed by atoms with Crippen LogP contribution in [0, 0.1) is 0 Å². The molecule has 0 amide bonds. The molecule has 0 bridgehead atoms. The first-order chi connectivity index (χ1) is 7.43. The van der Waals surface area contributed by atoms with Gasteiger partial charge in [-0.15, -0.1) is 0 Å². The van der Waals surface area contributed by atoms with Crippen LogP contribution in [0.3, 0.4) is 0 Å². The zero-order valence-corrected chi connectivity index (χ0v) is 9.51. The van der Waals surface area contributed by atoms with E-state index in [-0.39, 0.29) is 0 Å². The zero-order valence-electron chi connectivity index (χ0n) is 9.51. The molecule has 0 fully saturated rings. The molecule has 0 aromatic heterocycles. The lowest BCUT2D eigenvalue weighted by Crippen LogP contribution is -2.89. The highest BCUT2D eigenvalue weighted by Crippen LogP contribution is 2.29. The largest absolute Gasteiger partial charge is 0.416 e. The van der Waals surface area contributed by atoms with Gasteiger partial charge in [0.05, 0.1) is 18.2 Å². The van der Waals surface area contributed by atoms with Gasteiger partial charge in [-0.25, -0.2) is 0 Å². The molecule has 4 heteroatoms. The van der Waals surface area contributed by atoms with Gasteiger partial charge in [-0.2, -0.15) is 13.2 Å². The quantitative estimate of drug-likeness (QED) is 0.819. The SMILES string of the molecule is CC[NH2+][C@@H](C)Cc1cccc(C(F)(F)F)c1. The molecular formula is C12H17F3N+. The van der Waals surface area contributed by atoms with Gasteiger partial charge >= 0.3 is 6.18 Å². The van der Waals surface area contributed by atoms with Gasteiger partial charge in [-0.05, 0) is 25.5 Å². The Hall–Kier alpha value is -1.03. The monoisotopic (exact) mass is 232 g/mol. The minimum Gasteiger partial charge on any atom is -0.344 e. The van der Waals surface area contributed by atoms with Crippen LogP contribution in [0.4, 0.5) is 13.2 Å². The lowest BCUT2D eigenvalue weighted by atomic mass is 10.0. The van der Waals surface area contributed by atoms with E-state index in [4.69, 9.17) is 0 Å². The van der Waals surface area contributed by atoms with Crippen LogP contribution in [-0.4, -0.2) is 12.6 Å². The predicted molar refractivity (Wildman–Crippen MR) is 57.1 cm³/mol. The van der Waals surface area contributed by atoms with Crippen LogP contribution in [0.1, 0.15) is 25.0 Å². The molecule has 0 radical (unpaired) electrons. The molecule has 0 spiro atoms. The van der Waals surface area contributed by atoms with Crippen molar-refractivity contribution in [3.63, 3.8) is 0 Å². The minimum atomic E-state index is -4.24. The standard InChI is InChI=1S/C12H16F3N/c1-3-16-9(2)7-10-5-4-6-11(8-10)12(13,14)15/h4-6,8-9,16H,3,7H2,1-2H3/p+1/t9-/m0/s1. The fourth-order valence-corrected chi connectivity index (χ4v) is 1.73. The van der Waals surface area contributed by atoms with Crippen molar-refractivity contribution >= 4 is 0 Å². The smallest absolute Gasteiger partial charge is 0.344 e. The Bertz CT molecular complexity index is 333. The van der Waals surface area contributed by atoms with Gasteiger partial charge in [-0.3, -0.25) is 0 Å². The van der Waals surface area contributed by atoms with E-state index < -0.39 is 11.7 Å². The second-order valence-corrected chi connectivity index (χ2v) is 4.02. The molecule has 0 unspecified atom stereocenters. The normalized spacial score (nSPS) is 13.8. The van der Waals surface area contributed by atoms with Crippen molar-refractivity contribution in [2.75, 3.05) is 6.54 Å². The van der Waals surface area contributed by atoms with Gasteiger partial charge in [-0.1, -0.05) is 18.2 Å². The fourth-order valence-electron chi connectivity index (χ4n) is 1.73. The van der Waals surface area contributed by atoms with Crippen LogP contribution in [0.15, 0.2) is 24.3 Å². The van der Waals surface area contributed by atoms with Crippen LogP contribution in [0.25, 0.3) is 0 Å². The van der Waals surface area contributed by atoms with Gasteiger partial charge in [0.2, 0.25) is 0 Å². The minimum absolute atomic E-state index is 0.313. The molecule has 16 heavy (non-hydrogen) atoms. The molecule has 0 heterocycles. The van der Waals surface area contributed by atoms with Crippen LogP contribution < -0.4 is 5.32 Å². The summed E-state index contributed by atoms with van der Waals surface area (Å²) in [6.07, 6.45) is -3.58. The summed E-state index contributed by atoms with van der Waals surface area (Å²) in [5.41, 5.74) is 0.181. The van der Waals surface area contributed by atoms with E-state index in [1.54, 1.807) is 6.07 Å². The van der Waals surface area contributed by atoms with Crippen molar-refractivity contribution in [1.29, 1.82) is 0 Å². The maximum atomic E-state index is 12.4. The van der Waals surface area contributed by atoms with E-state index in [1.807, 2.05) is 13.8 Å². The third kappa shape index (κ3) is 3.85. The van der Waals surface area contributed by atoms with Gasteiger partial charge in [0.1, 0.15) is 0 Å². The predicted octanol–water partition coefficient (Wildman–Crippen LogP) is 2.22. The summed E-state index contributed by atoms with van der Waals surface area (Å²) >= 11 is 0. The molecule has 90 valence electrons. The van der Waals surface area contributed by atoms with E-state index in [1.165, 1.54) is 12.1 Å². The molecule has 0 aliphatic heterocycles. The van der Waals surface area contributed by atoms with E-state index in [0.29, 0.717) is 12.5 Å². The number of benzene rings is 1. The first kappa shape index (κ1) is 13.0. The molecular weight excluding hydrogens is 215 g/mol. The molecule has 1 rings (SSSR count). The lowest BCUT2D eigenvalue weighted by Gasteiger charge is -2.11. The Morgan fingerprint density at radius 2 is 2.00 bits per heavy atom. The second-order valence-electron chi connectivity index (χ2n) is 4.02. The highest BCUT2D eigenvalue weighted by Gasteiger charge is 2.30. The molecule has 0 aliphatic rings. The highest BCUT2D eigenvalue weighted by atomic mass is 19.4. The lowest BCUT2D eigenvalue weighted by molar-refractivity contribution is -0.682. The van der Waals surface area contributed by atoms with Crippen molar-refractivity contribution in [2.24, 2.45) is 0 Å². The summed E-state index contributed by atoms with van der Waals surface area (Å²) < 4.78 is 37.3. The van der Waals surface area contributed by atoms with Gasteiger partial charge in [0.15, 0.2) is 0 Å². The maximum absolute atomic E-state index is 12.4. The van der Waals surface area contributed by atoms with Gasteiger partial charge in [0, 0.05) is 6.42 Å². The Kier molecular flexibility index (Phi) is 4.35. The molecule has 0 saturated carbocycles. The third-order valence-electron chi connectivity index (χ3n) is 2.45. The zero-order chi connectivity index (χ0) is 12.2. The second kappa shape index (κ2) is 5.34. The summed E-state index contributed by atoms with van der Waals surface area (Å²) in [7, 11) is 0. The van der Waals surface area contributed by atoms with Crippen molar-refractivity contribution in [3.05, 3.63) is 35.4 Å². The van der Waals surface area contributed by atoms with E-state index in [9.17, 15) is 13.2 Å². The maximum Gasteiger partial charge on any atom is 0.416 e. The summed E-state index contributed by atoms with van der Waals surface area (Å²) in [4.78, 5) is 0. The summed E-state index contributed by atoms with van der Waals surface area (Å²) in [6, 6.07) is 5.87. The Morgan fingerprint density at radius 3 is 2.56 bits per heavy atom. The third-order valence-corrected chi connectivity index (χ3v) is 2.45. The fraction of sp³-hybridized carbons (Fsp3) is 0.500. The highest BCUT2D eigenvalue weighted by molar-refractivity contribution is 5.25. The Labute approximate surface area is 93.7 Å². The van der Waals surface area contributed by atoms with Crippen LogP contribution >= 0.6 is 0 Å². The summed E-state index contributed by atoms with van der Waals surface area (Å²) in [5.74, 6) is 0. The van der Waals surface area contributed by atoms with Gasteiger partial charge in [0.25, 0.3) is 0 Å². The number of hydrogen-bond acceptors (Lipinski definition) is 0. The average molecular weight is 232 g/mol. The van der Waals surface area contributed by atoms with Crippen molar-refractivity contribution in [2.45, 2.75) is 32.5 Å². The molecule has 1 nitrogen and oxygen atoms in total. The van der Waals surface area contributed by atoms with E-state index >= 15 is 0 Å². The van der Waals surface area contributed by atoms with Crippen molar-refractivity contribution < 1.29 is 18.5 Å². The van der Waals surface area contributed by atoms with Crippen molar-refractivity contribution in [1.82, 2.24) is 0 Å². The average Bonchev–Trinajstić information content (AvgIpc) is 2.17. The molecule has 1 aromatic carbocycles. The number of quaternary nitrogens is 1. The topological polar surface area (TPSA) is 16.6 Å². The molecule has 0 saturated heterocycles. The Morgan fingerprint density at radius 1 is 1.31 bits per heavy atom. The molecule has 1 aromatic rings. The van der Waals surface area contributed by atoms with Gasteiger partial charge < -0.3 is 5.32 Å². The number of halogens is 3. The number of alkyl halides is 3. The summed E-state index contributed by atoms with van der Waals surface area (Å²) in [5, 5.41) is 2.11. The van der Waals surface area contributed by atoms with Crippen LogP contribution in [0.5, 0.6) is 0 Å². The number of likely N-dealkylation sites (N-methyl/N-ethyl adjacent to an activating group) is 1. The molecule has 2 N–H and O–H groups in total. The summed E-state index contributed by atoms with van der Waals surface area (Å²) in [6.45, 7) is 4.99. The molecule has 1 atom stereocenters. The van der Waals surface area contributed by atoms with E-state index in [2.05, 4.69) is 5.32 Å². The number of hydrogen-bond donors (Lipinski definition) is 1. The van der Waals surface area contributed by atoms with Crippen LogP contribution in [0.2, 0.25) is 0 Å². The van der Waals surface area contributed by atoms with E-state index in [0.717, 1.165) is 18.2 Å². The Balaban J connectivity index is 2.75. The molecule has 0 aliphatic carbocycles. The van der Waals surface area contributed by atoms with Crippen LogP contribution in [-0.2, 0) is 12.6 Å². The number of rotatable bonds is 4. The first-order valence-corrected chi connectivity index (χ1v) is 5.43. The van der Waals surface area contributed by atoms with Crippen molar-refractivity contribution in [3.8, 4) is 0 Å².